The summed E-state index contributed by atoms with van der Waals surface area (Å²) in [5, 5.41) is 1.15. The maximum absolute atomic E-state index is 13.7. The molecule has 0 heterocycles. The van der Waals surface area contributed by atoms with Crippen molar-refractivity contribution in [2.75, 3.05) is 7.11 Å². The lowest BCUT2D eigenvalue weighted by Gasteiger charge is -2.65. The minimum absolute atomic E-state index is 0.0198. The van der Waals surface area contributed by atoms with E-state index in [1.165, 1.54) is 5.57 Å². The van der Waals surface area contributed by atoms with E-state index < -0.39 is 13.5 Å². The number of ketones is 1. The summed E-state index contributed by atoms with van der Waals surface area (Å²) in [6, 6.07) is 0. The Balaban J connectivity index is 2.81. The zero-order chi connectivity index (χ0) is 17.8. The molecule has 0 aromatic carbocycles. The molecule has 3 saturated carbocycles. The average Bonchev–Trinajstić information content (AvgIpc) is 2.43. The maximum Gasteiger partial charge on any atom is 0.151 e. The summed E-state index contributed by atoms with van der Waals surface area (Å²) >= 11 is 0. The summed E-state index contributed by atoms with van der Waals surface area (Å²) in [6.45, 7) is 22.0. The van der Waals surface area contributed by atoms with Crippen molar-refractivity contribution in [2.24, 2.45) is 22.2 Å². The van der Waals surface area contributed by atoms with Gasteiger partial charge >= 0.3 is 0 Å². The average molecular weight is 333 g/mol. The van der Waals surface area contributed by atoms with Crippen LogP contribution in [0.15, 0.2) is 36.3 Å². The predicted molar refractivity (Wildman–Crippen MR) is 99.8 cm³/mol. The molecule has 0 aromatic rings. The Morgan fingerprint density at radius 3 is 2.30 bits per heavy atom. The van der Waals surface area contributed by atoms with Gasteiger partial charge in [0.2, 0.25) is 0 Å². The Hall–Kier alpha value is -1.09. The number of hydrogen-bond acceptors (Lipinski definition) is 2. The number of hydrogen-bond donors (Lipinski definition) is 0. The SMILES string of the molecule is C=CC1(/C(=C\OC)[Si](C)(C)C)C(=O)C2CCC1(C)C(=C)C2(C)C. The third-order valence-corrected chi connectivity index (χ3v) is 8.73. The molecular weight excluding hydrogens is 300 g/mol. The maximum atomic E-state index is 13.7. The lowest BCUT2D eigenvalue weighted by atomic mass is 9.39. The monoisotopic (exact) mass is 332 g/mol. The van der Waals surface area contributed by atoms with Gasteiger partial charge in [0, 0.05) is 11.3 Å². The van der Waals surface area contributed by atoms with Crippen LogP contribution in [-0.4, -0.2) is 21.0 Å². The molecule has 0 amide bonds. The van der Waals surface area contributed by atoms with Gasteiger partial charge in [0.05, 0.1) is 26.9 Å². The van der Waals surface area contributed by atoms with E-state index in [0.29, 0.717) is 5.78 Å². The first-order chi connectivity index (χ1) is 10.4. The number of ether oxygens (including phenoxy) is 1. The molecule has 0 N–H and O–H groups in total. The minimum Gasteiger partial charge on any atom is -0.505 e. The highest BCUT2D eigenvalue weighted by Gasteiger charge is 2.68. The first kappa shape index (κ1) is 18.2. The standard InChI is InChI=1S/C20H32O2Si/c1-10-20(16(13-22-6)23(7,8)9)17(21)15-11-12-19(20,5)14(2)18(15,3)4/h10,13,15H,1-2,11-12H2,3-9H3/b16-13+. The molecule has 0 saturated heterocycles. The van der Waals surface area contributed by atoms with E-state index in [0.717, 1.165) is 18.0 Å². The van der Waals surface area contributed by atoms with E-state index in [-0.39, 0.29) is 16.7 Å². The molecule has 23 heavy (non-hydrogen) atoms. The van der Waals surface area contributed by atoms with Crippen LogP contribution < -0.4 is 0 Å². The first-order valence-corrected chi connectivity index (χ1v) is 12.0. The second kappa shape index (κ2) is 5.20. The van der Waals surface area contributed by atoms with Crippen LogP contribution in [0, 0.1) is 22.2 Å². The smallest absolute Gasteiger partial charge is 0.151 e. The van der Waals surface area contributed by atoms with Crippen LogP contribution in [-0.2, 0) is 9.53 Å². The Morgan fingerprint density at radius 1 is 1.30 bits per heavy atom. The second-order valence-corrected chi connectivity index (χ2v) is 14.1. The molecule has 3 aliphatic carbocycles. The quantitative estimate of drug-likeness (QED) is 0.404. The summed E-state index contributed by atoms with van der Waals surface area (Å²) in [6.07, 6.45) is 5.68. The van der Waals surface area contributed by atoms with Crippen molar-refractivity contribution >= 4 is 13.9 Å². The molecular formula is C20H32O2Si. The number of fused-ring (bicyclic) bond motifs is 3. The fourth-order valence-corrected chi connectivity index (χ4v) is 7.31. The van der Waals surface area contributed by atoms with E-state index in [9.17, 15) is 4.79 Å². The number of rotatable bonds is 4. The number of carbonyl (C=O) groups is 1. The van der Waals surface area contributed by atoms with E-state index in [4.69, 9.17) is 4.74 Å². The normalized spacial score (nSPS) is 37.0. The lowest BCUT2D eigenvalue weighted by molar-refractivity contribution is -0.149. The molecule has 3 fully saturated rings. The van der Waals surface area contributed by atoms with Gasteiger partial charge in [-0.1, -0.05) is 58.6 Å². The topological polar surface area (TPSA) is 26.3 Å². The van der Waals surface area contributed by atoms with Gasteiger partial charge < -0.3 is 4.74 Å². The lowest BCUT2D eigenvalue weighted by Crippen LogP contribution is -2.65. The Bertz CT molecular complexity index is 593. The molecule has 3 heteroatoms. The number of carbonyl (C=O) groups excluding carboxylic acids is 1. The summed E-state index contributed by atoms with van der Waals surface area (Å²) in [4.78, 5) is 13.7. The van der Waals surface area contributed by atoms with Gasteiger partial charge in [0.1, 0.15) is 0 Å². The van der Waals surface area contributed by atoms with Crippen molar-refractivity contribution in [2.45, 2.75) is 53.3 Å². The van der Waals surface area contributed by atoms with Crippen LogP contribution in [0.25, 0.3) is 0 Å². The number of allylic oxidation sites excluding steroid dienone is 3. The summed E-state index contributed by atoms with van der Waals surface area (Å²) in [7, 11) is -0.117. The second-order valence-electron chi connectivity index (χ2n) is 9.02. The molecule has 2 bridgehead atoms. The van der Waals surface area contributed by atoms with Crippen LogP contribution >= 0.6 is 0 Å². The Morgan fingerprint density at radius 2 is 1.87 bits per heavy atom. The van der Waals surface area contributed by atoms with Gasteiger partial charge in [-0.25, -0.2) is 0 Å². The van der Waals surface area contributed by atoms with Crippen molar-refractivity contribution in [1.29, 1.82) is 0 Å². The number of Topliss-reactive ketones (excluding diaryl/α,β-unsaturated/α-hetero) is 1. The van der Waals surface area contributed by atoms with Crippen LogP contribution in [0.2, 0.25) is 19.6 Å². The van der Waals surface area contributed by atoms with Crippen molar-refractivity contribution in [3.63, 3.8) is 0 Å². The largest absolute Gasteiger partial charge is 0.505 e. The molecule has 0 aromatic heterocycles. The van der Waals surface area contributed by atoms with Gasteiger partial charge in [0.25, 0.3) is 0 Å². The summed E-state index contributed by atoms with van der Waals surface area (Å²) in [5.74, 6) is 0.343. The Labute approximate surface area is 142 Å². The van der Waals surface area contributed by atoms with Crippen molar-refractivity contribution in [3.05, 3.63) is 36.3 Å². The van der Waals surface area contributed by atoms with Gasteiger partial charge in [-0.05, 0) is 23.5 Å². The zero-order valence-electron chi connectivity index (χ0n) is 15.9. The molecule has 3 rings (SSSR count). The van der Waals surface area contributed by atoms with Gasteiger partial charge in [0.15, 0.2) is 5.78 Å². The molecule has 3 aliphatic rings. The zero-order valence-corrected chi connectivity index (χ0v) is 16.9. The summed E-state index contributed by atoms with van der Waals surface area (Å²) in [5.41, 5.74) is 0.104. The Kier molecular flexibility index (Phi) is 4.13. The van der Waals surface area contributed by atoms with Crippen LogP contribution in [0.4, 0.5) is 0 Å². The first-order valence-electron chi connectivity index (χ1n) is 8.53. The van der Waals surface area contributed by atoms with E-state index in [1.807, 2.05) is 12.3 Å². The third-order valence-electron chi connectivity index (χ3n) is 6.60. The highest BCUT2D eigenvalue weighted by molar-refractivity contribution is 6.83. The predicted octanol–water partition coefficient (Wildman–Crippen LogP) is 5.15. The van der Waals surface area contributed by atoms with Crippen molar-refractivity contribution in [1.82, 2.24) is 0 Å². The molecule has 0 spiro atoms. The van der Waals surface area contributed by atoms with Crippen LogP contribution in [0.1, 0.15) is 33.6 Å². The summed E-state index contributed by atoms with van der Waals surface area (Å²) < 4.78 is 5.44. The molecule has 3 atom stereocenters. The highest BCUT2D eigenvalue weighted by atomic mass is 28.3. The van der Waals surface area contributed by atoms with Crippen LogP contribution in [0.3, 0.4) is 0 Å². The van der Waals surface area contributed by atoms with Crippen molar-refractivity contribution in [3.8, 4) is 0 Å². The van der Waals surface area contributed by atoms with Crippen LogP contribution in [0.5, 0.6) is 0 Å². The van der Waals surface area contributed by atoms with Crippen molar-refractivity contribution < 1.29 is 9.53 Å². The molecule has 0 radical (unpaired) electrons. The van der Waals surface area contributed by atoms with E-state index in [2.05, 4.69) is 53.6 Å². The molecule has 0 aliphatic heterocycles. The highest BCUT2D eigenvalue weighted by Crippen LogP contribution is 2.70. The number of methoxy groups -OCH3 is 1. The molecule has 2 nitrogen and oxygen atoms in total. The van der Waals surface area contributed by atoms with Gasteiger partial charge in [-0.3, -0.25) is 4.79 Å². The fraction of sp³-hybridized carbons (Fsp3) is 0.650. The molecule has 128 valence electrons. The van der Waals surface area contributed by atoms with E-state index >= 15 is 0 Å². The third kappa shape index (κ3) is 2.08. The molecule has 3 unspecified atom stereocenters. The van der Waals surface area contributed by atoms with E-state index in [1.54, 1.807) is 7.11 Å². The minimum atomic E-state index is -1.79. The van der Waals surface area contributed by atoms with Gasteiger partial charge in [-0.15, -0.1) is 6.58 Å². The fourth-order valence-electron chi connectivity index (χ4n) is 5.15. The van der Waals surface area contributed by atoms with Gasteiger partial charge in [-0.2, -0.15) is 0 Å².